The van der Waals surface area contributed by atoms with Crippen LogP contribution >= 0.6 is 0 Å². The van der Waals surface area contributed by atoms with Gasteiger partial charge in [0.15, 0.2) is 0 Å². The Balaban J connectivity index is 2.33. The molecular weight excluding hydrogens is 193 g/mol. The van der Waals surface area contributed by atoms with Crippen molar-refractivity contribution in [3.63, 3.8) is 0 Å². The predicted molar refractivity (Wildman–Crippen MR) is 59.1 cm³/mol. The summed E-state index contributed by atoms with van der Waals surface area (Å²) in [7, 11) is 0. The second-order valence-electron chi connectivity index (χ2n) is 3.56. The van der Waals surface area contributed by atoms with Crippen LogP contribution in [-0.4, -0.2) is 13.2 Å². The minimum absolute atomic E-state index is 0.0672. The van der Waals surface area contributed by atoms with E-state index in [1.165, 1.54) is 12.1 Å². The first-order chi connectivity index (χ1) is 7.24. The van der Waals surface area contributed by atoms with Gasteiger partial charge in [-0.2, -0.15) is 0 Å². The van der Waals surface area contributed by atoms with Crippen molar-refractivity contribution in [2.75, 3.05) is 13.2 Å². The maximum atomic E-state index is 12.6. The molecule has 1 unspecified atom stereocenters. The molecule has 0 aliphatic rings. The predicted octanol–water partition coefficient (Wildman–Crippen LogP) is 2.64. The van der Waals surface area contributed by atoms with E-state index in [-0.39, 0.29) is 11.9 Å². The fourth-order valence-corrected chi connectivity index (χ4v) is 1.33. The van der Waals surface area contributed by atoms with E-state index >= 15 is 0 Å². The average Bonchev–Trinajstić information content (AvgIpc) is 2.25. The zero-order valence-electron chi connectivity index (χ0n) is 9.08. The summed E-state index contributed by atoms with van der Waals surface area (Å²) in [4.78, 5) is 0. The van der Waals surface area contributed by atoms with Gasteiger partial charge in [0, 0.05) is 19.3 Å². The maximum absolute atomic E-state index is 12.6. The monoisotopic (exact) mass is 211 g/mol. The molecule has 0 aliphatic heterocycles. The van der Waals surface area contributed by atoms with Gasteiger partial charge in [0.1, 0.15) is 5.82 Å². The van der Waals surface area contributed by atoms with Crippen LogP contribution in [0, 0.1) is 5.82 Å². The summed E-state index contributed by atoms with van der Waals surface area (Å²) in [6, 6.07) is 6.24. The molecule has 0 amide bonds. The van der Waals surface area contributed by atoms with Crippen LogP contribution in [-0.2, 0) is 4.74 Å². The van der Waals surface area contributed by atoms with Crippen molar-refractivity contribution in [2.24, 2.45) is 5.73 Å². The van der Waals surface area contributed by atoms with Gasteiger partial charge in [0.2, 0.25) is 0 Å². The molecule has 1 atom stereocenters. The SMILES string of the molecule is CCCOCCC(N)c1ccc(F)cc1. The van der Waals surface area contributed by atoms with Crippen molar-refractivity contribution >= 4 is 0 Å². The van der Waals surface area contributed by atoms with Crippen LogP contribution in [0.3, 0.4) is 0 Å². The molecule has 0 saturated heterocycles. The molecule has 0 radical (unpaired) electrons. The summed E-state index contributed by atoms with van der Waals surface area (Å²) in [6.07, 6.45) is 1.79. The van der Waals surface area contributed by atoms with Crippen molar-refractivity contribution in [2.45, 2.75) is 25.8 Å². The molecule has 0 aromatic heterocycles. The Morgan fingerprint density at radius 3 is 2.53 bits per heavy atom. The van der Waals surface area contributed by atoms with Crippen molar-refractivity contribution < 1.29 is 9.13 Å². The molecule has 1 aromatic rings. The third-order valence-corrected chi connectivity index (χ3v) is 2.22. The van der Waals surface area contributed by atoms with Crippen LogP contribution < -0.4 is 5.73 Å². The lowest BCUT2D eigenvalue weighted by atomic mass is 10.1. The van der Waals surface area contributed by atoms with Crippen LogP contribution in [0.5, 0.6) is 0 Å². The van der Waals surface area contributed by atoms with Gasteiger partial charge in [-0.1, -0.05) is 19.1 Å². The number of benzene rings is 1. The van der Waals surface area contributed by atoms with Crippen LogP contribution in [0.4, 0.5) is 4.39 Å². The molecule has 0 fully saturated rings. The van der Waals surface area contributed by atoms with Crippen LogP contribution in [0.15, 0.2) is 24.3 Å². The second kappa shape index (κ2) is 6.53. The standard InChI is InChI=1S/C12H18FNO/c1-2-8-15-9-7-12(14)10-3-5-11(13)6-4-10/h3-6,12H,2,7-9,14H2,1H3. The summed E-state index contributed by atoms with van der Waals surface area (Å²) in [5, 5.41) is 0. The Labute approximate surface area is 90.2 Å². The topological polar surface area (TPSA) is 35.2 Å². The van der Waals surface area contributed by atoms with E-state index in [1.807, 2.05) is 0 Å². The van der Waals surface area contributed by atoms with E-state index < -0.39 is 0 Å². The Morgan fingerprint density at radius 2 is 1.93 bits per heavy atom. The molecule has 0 aliphatic carbocycles. The van der Waals surface area contributed by atoms with Crippen molar-refractivity contribution in [1.82, 2.24) is 0 Å². The average molecular weight is 211 g/mol. The second-order valence-corrected chi connectivity index (χ2v) is 3.56. The normalized spacial score (nSPS) is 12.7. The van der Waals surface area contributed by atoms with E-state index in [2.05, 4.69) is 6.92 Å². The summed E-state index contributed by atoms with van der Waals surface area (Å²) < 4.78 is 18.0. The van der Waals surface area contributed by atoms with E-state index in [0.717, 1.165) is 25.0 Å². The number of ether oxygens (including phenoxy) is 1. The van der Waals surface area contributed by atoms with Gasteiger partial charge in [0.05, 0.1) is 0 Å². The number of rotatable bonds is 6. The minimum Gasteiger partial charge on any atom is -0.381 e. The number of hydrogen-bond donors (Lipinski definition) is 1. The molecule has 15 heavy (non-hydrogen) atoms. The highest BCUT2D eigenvalue weighted by Crippen LogP contribution is 2.14. The van der Waals surface area contributed by atoms with Crippen molar-refractivity contribution in [3.05, 3.63) is 35.6 Å². The van der Waals surface area contributed by atoms with Gasteiger partial charge in [-0.05, 0) is 30.5 Å². The first-order valence-corrected chi connectivity index (χ1v) is 5.33. The van der Waals surface area contributed by atoms with E-state index in [4.69, 9.17) is 10.5 Å². The summed E-state index contributed by atoms with van der Waals surface area (Å²) >= 11 is 0. The maximum Gasteiger partial charge on any atom is 0.123 e. The van der Waals surface area contributed by atoms with Gasteiger partial charge in [-0.15, -0.1) is 0 Å². The third-order valence-electron chi connectivity index (χ3n) is 2.22. The fraction of sp³-hybridized carbons (Fsp3) is 0.500. The van der Waals surface area contributed by atoms with Gasteiger partial charge < -0.3 is 10.5 Å². The van der Waals surface area contributed by atoms with Crippen molar-refractivity contribution in [3.8, 4) is 0 Å². The summed E-state index contributed by atoms with van der Waals surface area (Å²) in [5.41, 5.74) is 6.88. The zero-order chi connectivity index (χ0) is 11.1. The van der Waals surface area contributed by atoms with Crippen LogP contribution in [0.25, 0.3) is 0 Å². The largest absolute Gasteiger partial charge is 0.381 e. The summed E-state index contributed by atoms with van der Waals surface area (Å²) in [5.74, 6) is -0.229. The summed E-state index contributed by atoms with van der Waals surface area (Å²) in [6.45, 7) is 3.50. The van der Waals surface area contributed by atoms with E-state index in [0.29, 0.717) is 6.61 Å². The molecule has 1 rings (SSSR count). The van der Waals surface area contributed by atoms with E-state index in [9.17, 15) is 4.39 Å². The number of halogens is 1. The molecule has 0 spiro atoms. The lowest BCUT2D eigenvalue weighted by molar-refractivity contribution is 0.128. The highest BCUT2D eigenvalue weighted by Gasteiger charge is 2.05. The zero-order valence-corrected chi connectivity index (χ0v) is 9.08. The first-order valence-electron chi connectivity index (χ1n) is 5.33. The molecule has 0 bridgehead atoms. The number of hydrogen-bond acceptors (Lipinski definition) is 2. The van der Waals surface area contributed by atoms with Gasteiger partial charge >= 0.3 is 0 Å². The van der Waals surface area contributed by atoms with Gasteiger partial charge in [-0.3, -0.25) is 0 Å². The minimum atomic E-state index is -0.229. The van der Waals surface area contributed by atoms with E-state index in [1.54, 1.807) is 12.1 Å². The quantitative estimate of drug-likeness (QED) is 0.734. The van der Waals surface area contributed by atoms with Crippen molar-refractivity contribution in [1.29, 1.82) is 0 Å². The van der Waals surface area contributed by atoms with Crippen LogP contribution in [0.2, 0.25) is 0 Å². The molecule has 2 nitrogen and oxygen atoms in total. The Hall–Kier alpha value is -0.930. The molecule has 2 N–H and O–H groups in total. The molecular formula is C12H18FNO. The third kappa shape index (κ3) is 4.40. The van der Waals surface area contributed by atoms with Gasteiger partial charge in [-0.25, -0.2) is 4.39 Å². The van der Waals surface area contributed by atoms with Crippen LogP contribution in [0.1, 0.15) is 31.4 Å². The fourth-order valence-electron chi connectivity index (χ4n) is 1.33. The Kier molecular flexibility index (Phi) is 5.29. The highest BCUT2D eigenvalue weighted by molar-refractivity contribution is 5.19. The Morgan fingerprint density at radius 1 is 1.27 bits per heavy atom. The molecule has 0 saturated carbocycles. The molecule has 84 valence electrons. The first kappa shape index (κ1) is 12.1. The number of nitrogens with two attached hydrogens (primary N) is 1. The Bertz CT molecular complexity index is 273. The van der Waals surface area contributed by atoms with Gasteiger partial charge in [0.25, 0.3) is 0 Å². The lowest BCUT2D eigenvalue weighted by Gasteiger charge is -2.11. The highest BCUT2D eigenvalue weighted by atomic mass is 19.1. The molecule has 0 heterocycles. The lowest BCUT2D eigenvalue weighted by Crippen LogP contribution is -2.13. The molecule has 1 aromatic carbocycles. The molecule has 3 heteroatoms. The smallest absolute Gasteiger partial charge is 0.123 e.